The highest BCUT2D eigenvalue weighted by Gasteiger charge is 2.18. The van der Waals surface area contributed by atoms with Crippen LogP contribution in [0.2, 0.25) is 0 Å². The van der Waals surface area contributed by atoms with Crippen LogP contribution in [0.25, 0.3) is 21.8 Å². The predicted molar refractivity (Wildman–Crippen MR) is 165 cm³/mol. The van der Waals surface area contributed by atoms with E-state index in [0.717, 1.165) is 28.8 Å². The smallest absolute Gasteiger partial charge is 0.0706 e. The zero-order valence-corrected chi connectivity index (χ0v) is 24.9. The van der Waals surface area contributed by atoms with Gasteiger partial charge in [-0.1, -0.05) is 74.7 Å². The third-order valence-electron chi connectivity index (χ3n) is 6.13. The molecule has 2 N–H and O–H groups in total. The maximum absolute atomic E-state index is 4.89. The normalized spacial score (nSPS) is 13.6. The fourth-order valence-corrected chi connectivity index (χ4v) is 4.23. The van der Waals surface area contributed by atoms with Gasteiger partial charge in [0.2, 0.25) is 0 Å². The van der Waals surface area contributed by atoms with Crippen LogP contribution in [0.3, 0.4) is 0 Å². The third kappa shape index (κ3) is 7.57. The van der Waals surface area contributed by atoms with E-state index in [2.05, 4.69) is 92.1 Å². The molecule has 0 aliphatic heterocycles. The molecule has 2 unspecified atom stereocenters. The molecule has 0 aliphatic rings. The van der Waals surface area contributed by atoms with E-state index in [1.54, 1.807) is 0 Å². The topological polar surface area (TPSA) is 49.8 Å². The number of nitrogens with zero attached hydrogens (tertiary/aromatic N) is 2. The highest BCUT2D eigenvalue weighted by atomic mass is 127. The van der Waals surface area contributed by atoms with Crippen molar-refractivity contribution in [1.82, 2.24) is 20.6 Å². The molecular formula is C28H36I2N4. The first-order valence-electron chi connectivity index (χ1n) is 11.9. The molecule has 4 rings (SSSR count). The molecule has 2 aromatic heterocycles. The number of unbranched alkanes of at least 4 members (excludes halogenated alkanes) is 2. The summed E-state index contributed by atoms with van der Waals surface area (Å²) in [6.07, 6.45) is 4.91. The van der Waals surface area contributed by atoms with Crippen LogP contribution in [0.4, 0.5) is 0 Å². The lowest BCUT2D eigenvalue weighted by atomic mass is 10.1. The number of para-hydroxylation sites is 2. The standard InChI is InChI=1S/C28H34N4.2HI/c1-4-5-6-15-28(29-20(2)24-18-16-22-11-7-9-13-26(22)31-24)30-21(3)25-19-17-23-12-8-10-14-27(23)32-25;;/h7-14,16-21,28-30H,4-6,15H2,1-3H3;2*1H. The van der Waals surface area contributed by atoms with Crippen molar-refractivity contribution in [2.75, 3.05) is 0 Å². The maximum atomic E-state index is 4.89. The van der Waals surface area contributed by atoms with Gasteiger partial charge >= 0.3 is 0 Å². The fourth-order valence-electron chi connectivity index (χ4n) is 4.23. The summed E-state index contributed by atoms with van der Waals surface area (Å²) >= 11 is 0. The van der Waals surface area contributed by atoms with Gasteiger partial charge in [-0.2, -0.15) is 0 Å². The van der Waals surface area contributed by atoms with Gasteiger partial charge < -0.3 is 0 Å². The van der Waals surface area contributed by atoms with Crippen LogP contribution in [0.5, 0.6) is 0 Å². The van der Waals surface area contributed by atoms with Crippen molar-refractivity contribution in [2.24, 2.45) is 0 Å². The van der Waals surface area contributed by atoms with Crippen molar-refractivity contribution < 1.29 is 0 Å². The fraction of sp³-hybridized carbons (Fsp3) is 0.357. The van der Waals surface area contributed by atoms with Gasteiger partial charge in [0.05, 0.1) is 28.6 Å². The zero-order chi connectivity index (χ0) is 22.3. The molecule has 0 saturated carbocycles. The highest BCUT2D eigenvalue weighted by molar-refractivity contribution is 14.0. The van der Waals surface area contributed by atoms with Crippen LogP contribution < -0.4 is 10.6 Å². The molecule has 2 atom stereocenters. The van der Waals surface area contributed by atoms with Crippen LogP contribution in [0, 0.1) is 0 Å². The first-order chi connectivity index (χ1) is 15.6. The van der Waals surface area contributed by atoms with E-state index in [9.17, 15) is 0 Å². The minimum Gasteiger partial charge on any atom is -0.294 e. The van der Waals surface area contributed by atoms with E-state index in [-0.39, 0.29) is 66.2 Å². The Morgan fingerprint density at radius 1 is 0.647 bits per heavy atom. The molecule has 2 aromatic carbocycles. The van der Waals surface area contributed by atoms with E-state index in [4.69, 9.17) is 9.97 Å². The molecule has 0 saturated heterocycles. The summed E-state index contributed by atoms with van der Waals surface area (Å²) in [5.74, 6) is 0. The van der Waals surface area contributed by atoms with Crippen molar-refractivity contribution in [3.8, 4) is 0 Å². The number of hydrogen-bond donors (Lipinski definition) is 2. The Bertz CT molecular complexity index is 1080. The van der Waals surface area contributed by atoms with Crippen molar-refractivity contribution >= 4 is 69.8 Å². The Labute approximate surface area is 237 Å². The van der Waals surface area contributed by atoms with Gasteiger partial charge in [0, 0.05) is 22.9 Å². The molecule has 0 amide bonds. The number of aromatic nitrogens is 2. The number of nitrogens with one attached hydrogen (secondary N) is 2. The average Bonchev–Trinajstić information content (AvgIpc) is 2.83. The van der Waals surface area contributed by atoms with Crippen molar-refractivity contribution in [2.45, 2.75) is 64.7 Å². The second-order valence-electron chi connectivity index (χ2n) is 8.68. The lowest BCUT2D eigenvalue weighted by Crippen LogP contribution is -2.44. The van der Waals surface area contributed by atoms with Gasteiger partial charge in [-0.25, -0.2) is 0 Å². The number of rotatable bonds is 10. The van der Waals surface area contributed by atoms with Crippen LogP contribution in [0.1, 0.15) is 69.9 Å². The summed E-state index contributed by atoms with van der Waals surface area (Å²) in [6.45, 7) is 6.65. The molecule has 0 bridgehead atoms. The van der Waals surface area contributed by atoms with Gasteiger partial charge in [0.15, 0.2) is 0 Å². The number of benzene rings is 2. The number of hydrogen-bond acceptors (Lipinski definition) is 4. The summed E-state index contributed by atoms with van der Waals surface area (Å²) in [6, 6.07) is 25.5. The Hall–Kier alpha value is -1.36. The molecule has 0 spiro atoms. The van der Waals surface area contributed by atoms with Crippen molar-refractivity contribution in [1.29, 1.82) is 0 Å². The number of halogens is 2. The lowest BCUT2D eigenvalue weighted by Gasteiger charge is -2.27. The van der Waals surface area contributed by atoms with Crippen molar-refractivity contribution in [3.63, 3.8) is 0 Å². The SMILES string of the molecule is CCCCCC(NC(C)c1ccc2ccccc2n1)NC(C)c1ccc2ccccc2n1.I.I. The Kier molecular flexibility index (Phi) is 12.1. The van der Waals surface area contributed by atoms with Crippen molar-refractivity contribution in [3.05, 3.63) is 84.2 Å². The maximum Gasteiger partial charge on any atom is 0.0706 e. The van der Waals surface area contributed by atoms with E-state index in [1.807, 2.05) is 12.1 Å². The predicted octanol–water partition coefficient (Wildman–Crippen LogP) is 7.93. The molecular weight excluding hydrogens is 646 g/mol. The van der Waals surface area contributed by atoms with Gasteiger partial charge in [-0.15, -0.1) is 48.0 Å². The Morgan fingerprint density at radius 2 is 1.12 bits per heavy atom. The van der Waals surface area contributed by atoms with Gasteiger partial charge in [0.1, 0.15) is 0 Å². The summed E-state index contributed by atoms with van der Waals surface area (Å²) < 4.78 is 0. The average molecular weight is 682 g/mol. The highest BCUT2D eigenvalue weighted by Crippen LogP contribution is 2.20. The largest absolute Gasteiger partial charge is 0.294 e. The minimum atomic E-state index is 0. The van der Waals surface area contributed by atoms with Gasteiger partial charge in [-0.3, -0.25) is 20.6 Å². The van der Waals surface area contributed by atoms with Crippen LogP contribution in [-0.4, -0.2) is 16.1 Å². The first-order valence-corrected chi connectivity index (χ1v) is 11.9. The number of pyridine rings is 2. The molecule has 4 nitrogen and oxygen atoms in total. The zero-order valence-electron chi connectivity index (χ0n) is 20.2. The van der Waals surface area contributed by atoms with Gasteiger partial charge in [0.25, 0.3) is 0 Å². The van der Waals surface area contributed by atoms with E-state index < -0.39 is 0 Å². The summed E-state index contributed by atoms with van der Waals surface area (Å²) in [7, 11) is 0. The van der Waals surface area contributed by atoms with Gasteiger partial charge in [-0.05, 0) is 44.5 Å². The summed E-state index contributed by atoms with van der Waals surface area (Å²) in [5, 5.41) is 9.94. The molecule has 6 heteroatoms. The second kappa shape index (κ2) is 14.3. The first kappa shape index (κ1) is 28.9. The monoisotopic (exact) mass is 682 g/mol. The molecule has 0 radical (unpaired) electrons. The number of fused-ring (bicyclic) bond motifs is 2. The Morgan fingerprint density at radius 3 is 1.59 bits per heavy atom. The Balaban J connectivity index is 0.00000204. The second-order valence-corrected chi connectivity index (χ2v) is 8.68. The van der Waals surface area contributed by atoms with E-state index >= 15 is 0 Å². The summed E-state index contributed by atoms with van der Waals surface area (Å²) in [5.41, 5.74) is 4.23. The molecule has 4 aromatic rings. The molecule has 2 heterocycles. The van der Waals surface area contributed by atoms with Crippen LogP contribution >= 0.6 is 48.0 Å². The van der Waals surface area contributed by atoms with E-state index in [0.29, 0.717) is 0 Å². The van der Waals surface area contributed by atoms with Crippen LogP contribution in [-0.2, 0) is 0 Å². The third-order valence-corrected chi connectivity index (χ3v) is 6.13. The lowest BCUT2D eigenvalue weighted by molar-refractivity contribution is 0.325. The van der Waals surface area contributed by atoms with E-state index in [1.165, 1.54) is 30.0 Å². The van der Waals surface area contributed by atoms with Crippen LogP contribution in [0.15, 0.2) is 72.8 Å². The summed E-state index contributed by atoms with van der Waals surface area (Å²) in [4.78, 5) is 9.79. The molecule has 0 fully saturated rings. The molecule has 182 valence electrons. The minimum absolute atomic E-state index is 0. The molecule has 0 aliphatic carbocycles. The quantitative estimate of drug-likeness (QED) is 0.101. The molecule has 34 heavy (non-hydrogen) atoms.